The summed E-state index contributed by atoms with van der Waals surface area (Å²) >= 11 is 0. The predicted octanol–water partition coefficient (Wildman–Crippen LogP) is 2.32. The first-order valence-corrected chi connectivity index (χ1v) is 9.73. The molecule has 4 aromatic rings. The van der Waals surface area contributed by atoms with E-state index in [9.17, 15) is 0 Å². The zero-order valence-electron chi connectivity index (χ0n) is 16.7. The summed E-state index contributed by atoms with van der Waals surface area (Å²) < 4.78 is 6.40. The molecule has 1 N–H and O–H groups in total. The summed E-state index contributed by atoms with van der Waals surface area (Å²) in [5.74, 6) is 0. The number of nitrogens with one attached hydrogen (secondary N) is 1. The van der Waals surface area contributed by atoms with E-state index in [0.29, 0.717) is 12.2 Å². The van der Waals surface area contributed by atoms with Crippen molar-refractivity contribution < 1.29 is 33.3 Å². The number of hydrogen-bond acceptors (Lipinski definition) is 2. The highest BCUT2D eigenvalue weighted by molar-refractivity contribution is 6.08. The third kappa shape index (κ3) is 2.65. The summed E-state index contributed by atoms with van der Waals surface area (Å²) in [6.07, 6.45) is 0.305. The van der Waals surface area contributed by atoms with Gasteiger partial charge in [-0.3, -0.25) is 0 Å². The van der Waals surface area contributed by atoms with Gasteiger partial charge in [-0.2, -0.15) is 0 Å². The van der Waals surface area contributed by atoms with Crippen LogP contribution < -0.4 is 33.8 Å². The van der Waals surface area contributed by atoms with E-state index < -0.39 is 0 Å². The van der Waals surface area contributed by atoms with Crippen LogP contribution in [0.1, 0.15) is 26.3 Å². The molecule has 1 aliphatic heterocycles. The number of quaternary nitrogens is 1. The minimum Gasteiger partial charge on any atom is -1.00 e. The topological polar surface area (TPSA) is 20.8 Å². The molecule has 4 heteroatoms. The molecule has 144 valence electrons. The van der Waals surface area contributed by atoms with E-state index >= 15 is 0 Å². The number of aryl methyl sites for hydroxylation is 1. The molecule has 0 saturated carbocycles. The van der Waals surface area contributed by atoms with Gasteiger partial charge in [-0.1, -0.05) is 36.4 Å². The average Bonchev–Trinajstić information content (AvgIpc) is 3.17. The highest BCUT2D eigenvalue weighted by atomic mass is 127. The van der Waals surface area contributed by atoms with Crippen molar-refractivity contribution in [1.29, 1.82) is 0 Å². The number of furan rings is 1. The molecule has 2 atom stereocenters. The molecule has 0 radical (unpaired) electrons. The Labute approximate surface area is 182 Å². The molecular formula is C24H25IN2O. The van der Waals surface area contributed by atoms with E-state index in [1.54, 1.807) is 0 Å². The van der Waals surface area contributed by atoms with Gasteiger partial charge >= 0.3 is 0 Å². The van der Waals surface area contributed by atoms with Crippen LogP contribution in [0.5, 0.6) is 0 Å². The van der Waals surface area contributed by atoms with Crippen LogP contribution >= 0.6 is 0 Å². The second kappa shape index (κ2) is 7.08. The fourth-order valence-electron chi connectivity index (χ4n) is 4.79. The molecule has 2 heterocycles. The monoisotopic (exact) mass is 484 g/mol. The summed E-state index contributed by atoms with van der Waals surface area (Å²) in [6, 6.07) is 22.0. The second-order valence-electron chi connectivity index (χ2n) is 7.84. The Morgan fingerprint density at radius 3 is 2.43 bits per heavy atom. The molecule has 2 unspecified atom stereocenters. The van der Waals surface area contributed by atoms with Gasteiger partial charge in [0.1, 0.15) is 11.3 Å². The molecule has 0 bridgehead atoms. The van der Waals surface area contributed by atoms with Crippen molar-refractivity contribution in [3.8, 4) is 0 Å². The maximum atomic E-state index is 6.40. The zero-order chi connectivity index (χ0) is 18.7. The molecule has 5 rings (SSSR count). The zero-order valence-corrected chi connectivity index (χ0v) is 18.8. The first-order valence-electron chi connectivity index (χ1n) is 9.73. The Bertz CT molecular complexity index is 1160. The van der Waals surface area contributed by atoms with Crippen LogP contribution in [0, 0.1) is 6.92 Å². The van der Waals surface area contributed by atoms with Gasteiger partial charge < -0.3 is 33.3 Å². The van der Waals surface area contributed by atoms with Gasteiger partial charge in [-0.25, -0.2) is 4.90 Å². The number of halogens is 1. The highest BCUT2D eigenvalue weighted by Crippen LogP contribution is 2.38. The molecule has 0 spiro atoms. The normalized spacial score (nSPS) is 18.7. The summed E-state index contributed by atoms with van der Waals surface area (Å²) in [4.78, 5) is 3.90. The van der Waals surface area contributed by atoms with E-state index in [1.165, 1.54) is 38.3 Å². The maximum absolute atomic E-state index is 6.40. The van der Waals surface area contributed by atoms with Gasteiger partial charge in [-0.15, -0.1) is 0 Å². The predicted molar refractivity (Wildman–Crippen MR) is 112 cm³/mol. The molecule has 0 saturated heterocycles. The van der Waals surface area contributed by atoms with Crippen LogP contribution in [0.2, 0.25) is 0 Å². The lowest BCUT2D eigenvalue weighted by Gasteiger charge is -2.29. The number of hydrogen-bond donors (Lipinski definition) is 1. The Hall–Kier alpha value is -2.05. The van der Waals surface area contributed by atoms with E-state index in [2.05, 4.69) is 87.2 Å². The number of rotatable bonds is 2. The fraction of sp³-hybridized carbons (Fsp3) is 0.250. The van der Waals surface area contributed by atoms with Gasteiger partial charge in [0, 0.05) is 35.4 Å². The molecule has 0 amide bonds. The molecule has 0 fully saturated rings. The Morgan fingerprint density at radius 2 is 1.64 bits per heavy atom. The molecule has 28 heavy (non-hydrogen) atoms. The van der Waals surface area contributed by atoms with E-state index in [1.807, 2.05) is 6.07 Å². The number of fused-ring (bicyclic) bond motifs is 4. The first kappa shape index (κ1) is 19.3. The van der Waals surface area contributed by atoms with E-state index in [0.717, 1.165) is 11.2 Å². The Balaban J connectivity index is 0.00000192. The number of benzene rings is 3. The molecule has 1 aromatic heterocycles. The van der Waals surface area contributed by atoms with Gasteiger partial charge in [0.15, 0.2) is 23.1 Å². The Kier molecular flexibility index (Phi) is 4.88. The molecular weight excluding hydrogens is 459 g/mol. The average molecular weight is 484 g/mol. The standard InChI is InChI=1S/C24H24N2O.HI/c1-15(2)25-17(4)26(21-11-7-6-10-20(21)25)23-16(3)13-14-19-18-9-5-8-12-22(18)27-24(19)23;/h5-15,17H,1-4H3;1H. The smallest absolute Gasteiger partial charge is 0.196 e. The lowest BCUT2D eigenvalue weighted by atomic mass is 10.1. The van der Waals surface area contributed by atoms with E-state index in [-0.39, 0.29) is 24.0 Å². The lowest BCUT2D eigenvalue weighted by Crippen LogP contribution is -3.06. The van der Waals surface area contributed by atoms with Gasteiger partial charge in [0.05, 0.1) is 0 Å². The summed E-state index contributed by atoms with van der Waals surface area (Å²) in [6.45, 7) is 9.05. The van der Waals surface area contributed by atoms with Gasteiger partial charge in [0.2, 0.25) is 0 Å². The molecule has 1 aliphatic rings. The van der Waals surface area contributed by atoms with Crippen molar-refractivity contribution in [3.05, 3.63) is 66.2 Å². The SMILES string of the molecule is Cc1ccc2c(oc3ccccc32)c1[NH+]1c2ccccc2N(C(C)C)C1C.[I-]. The first-order chi connectivity index (χ1) is 13.1. The van der Waals surface area contributed by atoms with Crippen molar-refractivity contribution in [2.24, 2.45) is 0 Å². The van der Waals surface area contributed by atoms with E-state index in [4.69, 9.17) is 4.42 Å². The van der Waals surface area contributed by atoms with Crippen LogP contribution in [-0.2, 0) is 0 Å². The Morgan fingerprint density at radius 1 is 0.929 bits per heavy atom. The van der Waals surface area contributed by atoms with Crippen molar-refractivity contribution in [2.75, 3.05) is 4.90 Å². The minimum absolute atomic E-state index is 0. The van der Waals surface area contributed by atoms with Crippen molar-refractivity contribution in [3.63, 3.8) is 0 Å². The molecule has 0 aliphatic carbocycles. The number of nitrogens with zero attached hydrogens (tertiary/aromatic N) is 1. The fourth-order valence-corrected chi connectivity index (χ4v) is 4.79. The van der Waals surface area contributed by atoms with Crippen molar-refractivity contribution >= 4 is 39.0 Å². The quantitative estimate of drug-likeness (QED) is 0.441. The minimum atomic E-state index is 0. The summed E-state index contributed by atoms with van der Waals surface area (Å²) in [5.41, 5.74) is 7.14. The molecule has 3 nitrogen and oxygen atoms in total. The number of para-hydroxylation sites is 3. The van der Waals surface area contributed by atoms with Crippen LogP contribution in [-0.4, -0.2) is 12.2 Å². The highest BCUT2D eigenvalue weighted by Gasteiger charge is 2.42. The summed E-state index contributed by atoms with van der Waals surface area (Å²) in [5, 5.41) is 2.39. The van der Waals surface area contributed by atoms with Gasteiger partial charge in [0.25, 0.3) is 0 Å². The second-order valence-corrected chi connectivity index (χ2v) is 7.84. The van der Waals surface area contributed by atoms with Crippen LogP contribution in [0.3, 0.4) is 0 Å². The third-order valence-electron chi connectivity index (χ3n) is 5.89. The summed E-state index contributed by atoms with van der Waals surface area (Å²) in [7, 11) is 0. The van der Waals surface area contributed by atoms with Crippen molar-refractivity contribution in [2.45, 2.75) is 39.9 Å². The largest absolute Gasteiger partial charge is 1.00 e. The molecule has 3 aromatic carbocycles. The van der Waals surface area contributed by atoms with Crippen molar-refractivity contribution in [1.82, 2.24) is 0 Å². The van der Waals surface area contributed by atoms with Crippen LogP contribution in [0.4, 0.5) is 17.1 Å². The van der Waals surface area contributed by atoms with Crippen LogP contribution in [0.15, 0.2) is 65.1 Å². The maximum Gasteiger partial charge on any atom is 0.196 e. The third-order valence-corrected chi connectivity index (χ3v) is 5.89. The number of anilines is 1. The van der Waals surface area contributed by atoms with Gasteiger partial charge in [-0.05, 0) is 39.0 Å². The lowest BCUT2D eigenvalue weighted by molar-refractivity contribution is -0.780. The van der Waals surface area contributed by atoms with Crippen LogP contribution in [0.25, 0.3) is 21.9 Å².